The molecule has 1 unspecified atom stereocenters. The van der Waals surface area contributed by atoms with Crippen LogP contribution in [0.4, 0.5) is 0 Å². The summed E-state index contributed by atoms with van der Waals surface area (Å²) in [5, 5.41) is 3.41. The van der Waals surface area contributed by atoms with Crippen LogP contribution in [-0.4, -0.2) is 18.1 Å². The molecule has 0 amide bonds. The summed E-state index contributed by atoms with van der Waals surface area (Å²) >= 11 is 0. The SMILES string of the molecule is NC1c2cccnc2CC12CCNCC2. The lowest BCUT2D eigenvalue weighted by atomic mass is 9.74. The maximum absolute atomic E-state index is 6.39. The van der Waals surface area contributed by atoms with E-state index in [0.29, 0.717) is 5.41 Å². The Kier molecular flexibility index (Phi) is 2.04. The van der Waals surface area contributed by atoms with Crippen molar-refractivity contribution in [2.24, 2.45) is 11.1 Å². The van der Waals surface area contributed by atoms with E-state index in [0.717, 1.165) is 19.5 Å². The van der Waals surface area contributed by atoms with E-state index >= 15 is 0 Å². The summed E-state index contributed by atoms with van der Waals surface area (Å²) < 4.78 is 0. The van der Waals surface area contributed by atoms with Crippen molar-refractivity contribution < 1.29 is 0 Å². The minimum absolute atomic E-state index is 0.197. The standard InChI is InChI=1S/C12H17N3/c13-11-9-2-1-5-15-10(9)8-12(11)3-6-14-7-4-12/h1-2,5,11,14H,3-4,6-8,13H2. The van der Waals surface area contributed by atoms with Gasteiger partial charge in [0, 0.05) is 17.9 Å². The Balaban J connectivity index is 1.98. The third-order valence-electron chi connectivity index (χ3n) is 4.04. The molecule has 3 heteroatoms. The maximum Gasteiger partial charge on any atom is 0.0457 e. The molecule has 3 rings (SSSR count). The molecule has 1 aromatic heterocycles. The Morgan fingerprint density at radius 3 is 2.93 bits per heavy atom. The second kappa shape index (κ2) is 3.29. The Morgan fingerprint density at radius 2 is 2.20 bits per heavy atom. The molecule has 2 aliphatic rings. The van der Waals surface area contributed by atoms with Crippen LogP contribution in [0, 0.1) is 5.41 Å². The average Bonchev–Trinajstić information content (AvgIpc) is 2.54. The smallest absolute Gasteiger partial charge is 0.0457 e. The Bertz CT molecular complexity index is 369. The van der Waals surface area contributed by atoms with Crippen molar-refractivity contribution in [1.29, 1.82) is 0 Å². The second-order valence-electron chi connectivity index (χ2n) is 4.81. The Morgan fingerprint density at radius 1 is 1.40 bits per heavy atom. The summed E-state index contributed by atoms with van der Waals surface area (Å²) in [5.41, 5.74) is 9.19. The van der Waals surface area contributed by atoms with E-state index in [9.17, 15) is 0 Å². The maximum atomic E-state index is 6.39. The summed E-state index contributed by atoms with van der Waals surface area (Å²) in [5.74, 6) is 0. The number of hydrogen-bond donors (Lipinski definition) is 2. The lowest BCUT2D eigenvalue weighted by Crippen LogP contribution is -2.42. The van der Waals surface area contributed by atoms with Gasteiger partial charge >= 0.3 is 0 Å². The molecular weight excluding hydrogens is 186 g/mol. The highest BCUT2D eigenvalue weighted by Crippen LogP contribution is 2.48. The topological polar surface area (TPSA) is 50.9 Å². The molecule has 0 saturated carbocycles. The molecule has 0 bridgehead atoms. The fraction of sp³-hybridized carbons (Fsp3) is 0.583. The van der Waals surface area contributed by atoms with Crippen molar-refractivity contribution >= 4 is 0 Å². The first-order valence-corrected chi connectivity index (χ1v) is 5.72. The van der Waals surface area contributed by atoms with Gasteiger partial charge < -0.3 is 11.1 Å². The van der Waals surface area contributed by atoms with Crippen molar-refractivity contribution in [3.63, 3.8) is 0 Å². The van der Waals surface area contributed by atoms with Crippen molar-refractivity contribution in [3.8, 4) is 0 Å². The van der Waals surface area contributed by atoms with Crippen LogP contribution in [0.3, 0.4) is 0 Å². The Labute approximate surface area is 90.1 Å². The van der Waals surface area contributed by atoms with Crippen LogP contribution in [0.25, 0.3) is 0 Å². The normalized spacial score (nSPS) is 27.9. The number of fused-ring (bicyclic) bond motifs is 1. The minimum Gasteiger partial charge on any atom is -0.323 e. The summed E-state index contributed by atoms with van der Waals surface area (Å²) in [6.07, 6.45) is 5.33. The van der Waals surface area contributed by atoms with Gasteiger partial charge in [-0.25, -0.2) is 0 Å². The molecule has 80 valence electrons. The number of nitrogens with two attached hydrogens (primary N) is 1. The van der Waals surface area contributed by atoms with Crippen molar-refractivity contribution in [3.05, 3.63) is 29.6 Å². The molecule has 1 saturated heterocycles. The summed E-state index contributed by atoms with van der Waals surface area (Å²) in [4.78, 5) is 4.46. The molecule has 3 N–H and O–H groups in total. The van der Waals surface area contributed by atoms with Gasteiger partial charge in [0.05, 0.1) is 0 Å². The highest BCUT2D eigenvalue weighted by atomic mass is 14.9. The molecular formula is C12H17N3. The molecule has 1 aliphatic heterocycles. The van der Waals surface area contributed by atoms with E-state index in [1.165, 1.54) is 24.1 Å². The third-order valence-corrected chi connectivity index (χ3v) is 4.04. The van der Waals surface area contributed by atoms with Crippen molar-refractivity contribution in [1.82, 2.24) is 10.3 Å². The van der Waals surface area contributed by atoms with Crippen LogP contribution in [0.1, 0.15) is 30.1 Å². The zero-order chi connectivity index (χ0) is 10.3. The fourth-order valence-electron chi connectivity index (χ4n) is 3.07. The van der Waals surface area contributed by atoms with E-state index in [1.807, 2.05) is 12.3 Å². The third kappa shape index (κ3) is 1.30. The van der Waals surface area contributed by atoms with Gasteiger partial charge in [0.2, 0.25) is 0 Å². The number of pyridine rings is 1. The molecule has 1 spiro atoms. The number of nitrogens with zero attached hydrogens (tertiary/aromatic N) is 1. The zero-order valence-corrected chi connectivity index (χ0v) is 8.87. The molecule has 1 aromatic rings. The van der Waals surface area contributed by atoms with Gasteiger partial charge in [-0.1, -0.05) is 6.07 Å². The molecule has 0 radical (unpaired) electrons. The van der Waals surface area contributed by atoms with E-state index in [-0.39, 0.29) is 6.04 Å². The lowest BCUT2D eigenvalue weighted by Gasteiger charge is -2.37. The molecule has 2 heterocycles. The van der Waals surface area contributed by atoms with E-state index in [1.54, 1.807) is 0 Å². The molecule has 3 nitrogen and oxygen atoms in total. The van der Waals surface area contributed by atoms with E-state index < -0.39 is 0 Å². The van der Waals surface area contributed by atoms with Gasteiger partial charge in [0.15, 0.2) is 0 Å². The van der Waals surface area contributed by atoms with Crippen LogP contribution in [0.5, 0.6) is 0 Å². The number of piperidine rings is 1. The molecule has 0 aromatic carbocycles. The number of hydrogen-bond acceptors (Lipinski definition) is 3. The van der Waals surface area contributed by atoms with E-state index in [4.69, 9.17) is 5.73 Å². The predicted molar refractivity (Wildman–Crippen MR) is 59.4 cm³/mol. The quantitative estimate of drug-likeness (QED) is 0.661. The van der Waals surface area contributed by atoms with Gasteiger partial charge in [0.25, 0.3) is 0 Å². The minimum atomic E-state index is 0.197. The van der Waals surface area contributed by atoms with Gasteiger partial charge in [-0.15, -0.1) is 0 Å². The predicted octanol–water partition coefficient (Wildman–Crippen LogP) is 1.01. The molecule has 1 fully saturated rings. The summed E-state index contributed by atoms with van der Waals surface area (Å²) in [6, 6.07) is 4.34. The first kappa shape index (κ1) is 9.31. The number of aromatic nitrogens is 1. The summed E-state index contributed by atoms with van der Waals surface area (Å²) in [6.45, 7) is 2.20. The van der Waals surface area contributed by atoms with Gasteiger partial charge in [0.1, 0.15) is 0 Å². The zero-order valence-electron chi connectivity index (χ0n) is 8.87. The van der Waals surface area contributed by atoms with Crippen molar-refractivity contribution in [2.45, 2.75) is 25.3 Å². The first-order valence-electron chi connectivity index (χ1n) is 5.72. The van der Waals surface area contributed by atoms with Gasteiger partial charge in [-0.3, -0.25) is 4.98 Å². The summed E-state index contributed by atoms with van der Waals surface area (Å²) in [7, 11) is 0. The molecule has 15 heavy (non-hydrogen) atoms. The van der Waals surface area contributed by atoms with Crippen LogP contribution in [0.15, 0.2) is 18.3 Å². The van der Waals surface area contributed by atoms with Crippen LogP contribution in [0.2, 0.25) is 0 Å². The van der Waals surface area contributed by atoms with Gasteiger partial charge in [-0.2, -0.15) is 0 Å². The van der Waals surface area contributed by atoms with E-state index in [2.05, 4.69) is 16.4 Å². The average molecular weight is 203 g/mol. The molecule has 1 aliphatic carbocycles. The van der Waals surface area contributed by atoms with Crippen molar-refractivity contribution in [2.75, 3.05) is 13.1 Å². The van der Waals surface area contributed by atoms with Crippen LogP contribution >= 0.6 is 0 Å². The van der Waals surface area contributed by atoms with Gasteiger partial charge in [-0.05, 0) is 49.4 Å². The fourth-order valence-corrected chi connectivity index (χ4v) is 3.07. The first-order chi connectivity index (χ1) is 7.32. The Hall–Kier alpha value is -0.930. The second-order valence-corrected chi connectivity index (χ2v) is 4.81. The highest BCUT2D eigenvalue weighted by molar-refractivity contribution is 5.33. The number of nitrogens with one attached hydrogen (secondary N) is 1. The monoisotopic (exact) mass is 203 g/mol. The lowest BCUT2D eigenvalue weighted by molar-refractivity contribution is 0.173. The molecule has 1 atom stereocenters. The van der Waals surface area contributed by atoms with Crippen LogP contribution < -0.4 is 11.1 Å². The largest absolute Gasteiger partial charge is 0.323 e. The van der Waals surface area contributed by atoms with Crippen LogP contribution in [-0.2, 0) is 6.42 Å². The highest BCUT2D eigenvalue weighted by Gasteiger charge is 2.45. The number of rotatable bonds is 0.